The minimum absolute atomic E-state index is 0.0520. The molecule has 0 spiro atoms. The second-order valence-electron chi connectivity index (χ2n) is 5.37. The van der Waals surface area contributed by atoms with Gasteiger partial charge in [-0.05, 0) is 37.3 Å². The van der Waals surface area contributed by atoms with Crippen molar-refractivity contribution < 1.29 is 22.7 Å². The Morgan fingerprint density at radius 3 is 2.60 bits per heavy atom. The predicted molar refractivity (Wildman–Crippen MR) is 89.1 cm³/mol. The van der Waals surface area contributed by atoms with Crippen molar-refractivity contribution in [3.63, 3.8) is 0 Å². The third-order valence-electron chi connectivity index (χ3n) is 3.35. The molecule has 0 aliphatic heterocycles. The maximum atomic E-state index is 13.0. The fourth-order valence-corrected chi connectivity index (χ4v) is 2.21. The van der Waals surface area contributed by atoms with E-state index >= 15 is 0 Å². The lowest BCUT2D eigenvalue weighted by molar-refractivity contribution is -0.137. The lowest BCUT2D eigenvalue weighted by Gasteiger charge is -2.20. The molecular formula is C17H18F3N3O2. The fraction of sp³-hybridized carbons (Fsp3) is 0.294. The Kier molecular flexibility index (Phi) is 5.51. The van der Waals surface area contributed by atoms with Crippen LogP contribution >= 0.6 is 0 Å². The smallest absolute Gasteiger partial charge is 0.416 e. The number of benzene rings is 1. The summed E-state index contributed by atoms with van der Waals surface area (Å²) in [5.41, 5.74) is -0.199. The molecule has 0 aliphatic rings. The van der Waals surface area contributed by atoms with E-state index in [1.165, 1.54) is 18.3 Å². The van der Waals surface area contributed by atoms with Gasteiger partial charge in [-0.15, -0.1) is 0 Å². The molecule has 2 aromatic rings. The third kappa shape index (κ3) is 4.40. The van der Waals surface area contributed by atoms with Crippen LogP contribution in [0, 0.1) is 0 Å². The van der Waals surface area contributed by atoms with Gasteiger partial charge in [-0.3, -0.25) is 4.79 Å². The standard InChI is InChI=1S/C17H18F3N3O2/c1-4-25-16-12(6-5-9-21-16)15(24)22-13-10-11(17(18,19)20)7-8-14(13)23(2)3/h5-10H,4H2,1-3H3,(H,22,24). The molecule has 5 nitrogen and oxygen atoms in total. The van der Waals surface area contributed by atoms with Crippen LogP contribution in [0.25, 0.3) is 0 Å². The Morgan fingerprint density at radius 2 is 2.00 bits per heavy atom. The summed E-state index contributed by atoms with van der Waals surface area (Å²) >= 11 is 0. The van der Waals surface area contributed by atoms with E-state index in [-0.39, 0.29) is 17.1 Å². The number of carbonyl (C=O) groups is 1. The van der Waals surface area contributed by atoms with Gasteiger partial charge in [-0.1, -0.05) is 0 Å². The summed E-state index contributed by atoms with van der Waals surface area (Å²) in [7, 11) is 3.35. The Hall–Kier alpha value is -2.77. The first-order chi connectivity index (χ1) is 11.7. The number of alkyl halides is 3. The predicted octanol–water partition coefficient (Wildman–Crippen LogP) is 3.82. The number of rotatable bonds is 5. The average Bonchev–Trinajstić information content (AvgIpc) is 2.54. The first-order valence-electron chi connectivity index (χ1n) is 7.51. The van der Waals surface area contributed by atoms with Crippen LogP contribution in [-0.2, 0) is 6.18 Å². The van der Waals surface area contributed by atoms with Gasteiger partial charge < -0.3 is 15.0 Å². The van der Waals surface area contributed by atoms with Crippen LogP contribution in [-0.4, -0.2) is 31.6 Å². The minimum atomic E-state index is -4.50. The van der Waals surface area contributed by atoms with Crippen LogP contribution in [0.15, 0.2) is 36.5 Å². The van der Waals surface area contributed by atoms with E-state index in [2.05, 4.69) is 10.3 Å². The highest BCUT2D eigenvalue weighted by Gasteiger charge is 2.31. The van der Waals surface area contributed by atoms with Crippen LogP contribution in [0.5, 0.6) is 5.88 Å². The molecule has 0 radical (unpaired) electrons. The Bertz CT molecular complexity index is 761. The average molecular weight is 353 g/mol. The number of nitrogens with one attached hydrogen (secondary N) is 1. The van der Waals surface area contributed by atoms with E-state index in [0.29, 0.717) is 12.3 Å². The largest absolute Gasteiger partial charge is 0.477 e. The number of pyridine rings is 1. The zero-order valence-electron chi connectivity index (χ0n) is 14.0. The SMILES string of the molecule is CCOc1ncccc1C(=O)Nc1cc(C(F)(F)F)ccc1N(C)C. The number of nitrogens with zero attached hydrogens (tertiary/aromatic N) is 2. The highest BCUT2D eigenvalue weighted by molar-refractivity contribution is 6.07. The zero-order valence-corrected chi connectivity index (χ0v) is 14.0. The van der Waals surface area contributed by atoms with Crippen LogP contribution in [0.1, 0.15) is 22.8 Å². The summed E-state index contributed by atoms with van der Waals surface area (Å²) in [6.45, 7) is 2.05. The van der Waals surface area contributed by atoms with Crippen LogP contribution in [0.2, 0.25) is 0 Å². The van der Waals surface area contributed by atoms with Gasteiger partial charge in [0.1, 0.15) is 5.56 Å². The van der Waals surface area contributed by atoms with Crippen molar-refractivity contribution in [2.24, 2.45) is 0 Å². The monoisotopic (exact) mass is 353 g/mol. The van der Waals surface area contributed by atoms with Crippen LogP contribution < -0.4 is 15.0 Å². The molecule has 25 heavy (non-hydrogen) atoms. The van der Waals surface area contributed by atoms with Gasteiger partial charge in [0, 0.05) is 20.3 Å². The van der Waals surface area contributed by atoms with E-state index in [4.69, 9.17) is 4.74 Å². The molecule has 1 aromatic heterocycles. The van der Waals surface area contributed by atoms with Crippen molar-refractivity contribution in [2.75, 3.05) is 30.9 Å². The summed E-state index contributed by atoms with van der Waals surface area (Å²) in [5, 5.41) is 2.52. The molecule has 0 aliphatic carbocycles. The molecule has 1 N–H and O–H groups in total. The van der Waals surface area contributed by atoms with E-state index in [1.807, 2.05) is 0 Å². The highest BCUT2D eigenvalue weighted by Crippen LogP contribution is 2.35. The van der Waals surface area contributed by atoms with E-state index in [1.54, 1.807) is 32.0 Å². The molecule has 0 fully saturated rings. The Labute approximate surface area is 143 Å². The van der Waals surface area contributed by atoms with Crippen molar-refractivity contribution in [1.82, 2.24) is 4.98 Å². The number of aromatic nitrogens is 1. The Balaban J connectivity index is 2.40. The van der Waals surface area contributed by atoms with Gasteiger partial charge >= 0.3 is 6.18 Å². The summed E-state index contributed by atoms with van der Waals surface area (Å²) in [5.74, 6) is -0.472. The van der Waals surface area contributed by atoms with E-state index < -0.39 is 17.6 Å². The van der Waals surface area contributed by atoms with Crippen molar-refractivity contribution in [1.29, 1.82) is 0 Å². The second-order valence-corrected chi connectivity index (χ2v) is 5.37. The minimum Gasteiger partial charge on any atom is -0.477 e. The number of ether oxygens (including phenoxy) is 1. The molecule has 0 saturated heterocycles. The molecule has 0 bridgehead atoms. The molecule has 2 rings (SSSR count). The van der Waals surface area contributed by atoms with E-state index in [0.717, 1.165) is 12.1 Å². The topological polar surface area (TPSA) is 54.5 Å². The van der Waals surface area contributed by atoms with Gasteiger partial charge in [0.15, 0.2) is 0 Å². The number of hydrogen-bond acceptors (Lipinski definition) is 4. The van der Waals surface area contributed by atoms with Gasteiger partial charge in [0.2, 0.25) is 5.88 Å². The van der Waals surface area contributed by atoms with Gasteiger partial charge in [0.25, 0.3) is 5.91 Å². The fourth-order valence-electron chi connectivity index (χ4n) is 2.21. The number of hydrogen-bond donors (Lipinski definition) is 1. The zero-order chi connectivity index (χ0) is 18.6. The Morgan fingerprint density at radius 1 is 1.28 bits per heavy atom. The van der Waals surface area contributed by atoms with Crippen molar-refractivity contribution in [3.8, 4) is 5.88 Å². The third-order valence-corrected chi connectivity index (χ3v) is 3.35. The second kappa shape index (κ2) is 7.42. The van der Waals surface area contributed by atoms with Gasteiger partial charge in [0.05, 0.1) is 23.5 Å². The maximum absolute atomic E-state index is 13.0. The molecule has 0 atom stereocenters. The molecule has 8 heteroatoms. The number of carbonyl (C=O) groups excluding carboxylic acids is 1. The molecule has 0 unspecified atom stereocenters. The maximum Gasteiger partial charge on any atom is 0.416 e. The summed E-state index contributed by atoms with van der Waals surface area (Å²) < 4.78 is 44.2. The molecule has 1 heterocycles. The van der Waals surface area contributed by atoms with E-state index in [9.17, 15) is 18.0 Å². The number of amides is 1. The molecule has 1 aromatic carbocycles. The van der Waals surface area contributed by atoms with Crippen LogP contribution in [0.4, 0.5) is 24.5 Å². The van der Waals surface area contributed by atoms with Crippen molar-refractivity contribution in [2.45, 2.75) is 13.1 Å². The van der Waals surface area contributed by atoms with Gasteiger partial charge in [-0.2, -0.15) is 13.2 Å². The summed E-state index contributed by atoms with van der Waals surface area (Å²) in [6, 6.07) is 6.24. The van der Waals surface area contributed by atoms with Crippen molar-refractivity contribution >= 4 is 17.3 Å². The summed E-state index contributed by atoms with van der Waals surface area (Å²) in [4.78, 5) is 18.1. The normalized spacial score (nSPS) is 11.1. The molecule has 0 saturated carbocycles. The summed E-state index contributed by atoms with van der Waals surface area (Å²) in [6.07, 6.45) is -3.04. The molecular weight excluding hydrogens is 335 g/mol. The lowest BCUT2D eigenvalue weighted by atomic mass is 10.1. The van der Waals surface area contributed by atoms with Crippen LogP contribution in [0.3, 0.4) is 0 Å². The molecule has 134 valence electrons. The molecule has 1 amide bonds. The number of halogens is 3. The lowest BCUT2D eigenvalue weighted by Crippen LogP contribution is -2.19. The highest BCUT2D eigenvalue weighted by atomic mass is 19.4. The number of anilines is 2. The first-order valence-corrected chi connectivity index (χ1v) is 7.51. The van der Waals surface area contributed by atoms with Crippen molar-refractivity contribution in [3.05, 3.63) is 47.7 Å². The first kappa shape index (κ1) is 18.6. The van der Waals surface area contributed by atoms with Gasteiger partial charge in [-0.25, -0.2) is 4.98 Å². The quantitative estimate of drug-likeness (QED) is 0.888.